The highest BCUT2D eigenvalue weighted by Crippen LogP contribution is 2.45. The maximum atomic E-state index is 13.5. The number of benzene rings is 2. The molecule has 0 atom stereocenters. The highest BCUT2D eigenvalue weighted by molar-refractivity contribution is 6.00. The highest BCUT2D eigenvalue weighted by Gasteiger charge is 2.45. The van der Waals surface area contributed by atoms with Gasteiger partial charge in [-0.3, -0.25) is 4.79 Å². The Labute approximate surface area is 129 Å². The van der Waals surface area contributed by atoms with Gasteiger partial charge in [0.15, 0.2) is 0 Å². The molecule has 3 rings (SSSR count). The van der Waals surface area contributed by atoms with Crippen LogP contribution in [0.3, 0.4) is 0 Å². The van der Waals surface area contributed by atoms with Gasteiger partial charge in [-0.25, -0.2) is 4.39 Å². The molecule has 3 nitrogen and oxygen atoms in total. The van der Waals surface area contributed by atoms with E-state index in [1.54, 1.807) is 25.3 Å². The number of rotatable bonds is 4. The first-order chi connectivity index (χ1) is 10.7. The predicted octanol–water partition coefficient (Wildman–Crippen LogP) is 3.89. The minimum absolute atomic E-state index is 0.103. The lowest BCUT2D eigenvalue weighted by atomic mass is 9.63. The summed E-state index contributed by atoms with van der Waals surface area (Å²) in [5.74, 6) is 0.201. The Morgan fingerprint density at radius 1 is 1.18 bits per heavy atom. The summed E-state index contributed by atoms with van der Waals surface area (Å²) < 4.78 is 18.8. The molecule has 0 aliphatic heterocycles. The van der Waals surface area contributed by atoms with Crippen molar-refractivity contribution >= 4 is 11.6 Å². The van der Waals surface area contributed by atoms with E-state index in [0.29, 0.717) is 11.4 Å². The number of carbonyl (C=O) groups is 1. The first kappa shape index (κ1) is 14.6. The Hall–Kier alpha value is -2.36. The van der Waals surface area contributed by atoms with E-state index in [9.17, 15) is 9.18 Å². The van der Waals surface area contributed by atoms with Gasteiger partial charge in [-0.2, -0.15) is 0 Å². The van der Waals surface area contributed by atoms with Crippen molar-refractivity contribution < 1.29 is 13.9 Å². The summed E-state index contributed by atoms with van der Waals surface area (Å²) in [6.07, 6.45) is 2.44. The van der Waals surface area contributed by atoms with Crippen LogP contribution in [0.1, 0.15) is 24.8 Å². The molecule has 0 unspecified atom stereocenters. The van der Waals surface area contributed by atoms with Crippen molar-refractivity contribution in [1.82, 2.24) is 0 Å². The lowest BCUT2D eigenvalue weighted by molar-refractivity contribution is -0.124. The van der Waals surface area contributed by atoms with Crippen molar-refractivity contribution in [2.75, 3.05) is 12.4 Å². The quantitative estimate of drug-likeness (QED) is 0.930. The molecule has 2 aromatic carbocycles. The van der Waals surface area contributed by atoms with Crippen molar-refractivity contribution in [2.45, 2.75) is 24.7 Å². The number of anilines is 1. The smallest absolute Gasteiger partial charge is 0.235 e. The maximum absolute atomic E-state index is 13.5. The fraction of sp³-hybridized carbons (Fsp3) is 0.278. The maximum Gasteiger partial charge on any atom is 0.235 e. The molecule has 0 aromatic heterocycles. The minimum atomic E-state index is -0.636. The summed E-state index contributed by atoms with van der Waals surface area (Å²) in [6.45, 7) is 0. The third-order valence-corrected chi connectivity index (χ3v) is 4.37. The van der Waals surface area contributed by atoms with E-state index in [1.165, 1.54) is 12.1 Å². The standard InChI is InChI=1S/C18H18FNO2/c1-22-16-9-3-2-8-15(16)20-17(21)18(10-5-11-18)13-6-4-7-14(19)12-13/h2-4,6-9,12H,5,10-11H2,1H3,(H,20,21). The Kier molecular flexibility index (Phi) is 3.84. The normalized spacial score (nSPS) is 15.7. The average Bonchev–Trinajstić information content (AvgIpc) is 2.47. The van der Waals surface area contributed by atoms with Gasteiger partial charge in [0.25, 0.3) is 0 Å². The molecule has 0 saturated heterocycles. The average molecular weight is 299 g/mol. The van der Waals surface area contributed by atoms with Crippen molar-refractivity contribution in [3.8, 4) is 5.75 Å². The largest absolute Gasteiger partial charge is 0.495 e. The molecular formula is C18H18FNO2. The van der Waals surface area contributed by atoms with Gasteiger partial charge in [0.2, 0.25) is 5.91 Å². The molecule has 1 amide bonds. The van der Waals surface area contributed by atoms with E-state index in [2.05, 4.69) is 5.32 Å². The van der Waals surface area contributed by atoms with Crippen molar-refractivity contribution in [3.05, 3.63) is 59.9 Å². The number of nitrogens with one attached hydrogen (secondary N) is 1. The summed E-state index contributed by atoms with van der Waals surface area (Å²) in [5, 5.41) is 2.94. The topological polar surface area (TPSA) is 38.3 Å². The number of hydrogen-bond donors (Lipinski definition) is 1. The third-order valence-electron chi connectivity index (χ3n) is 4.37. The summed E-state index contributed by atoms with van der Waals surface area (Å²) in [4.78, 5) is 12.8. The van der Waals surface area contributed by atoms with Crippen LogP contribution >= 0.6 is 0 Å². The van der Waals surface area contributed by atoms with Crippen LogP contribution in [0, 0.1) is 5.82 Å². The van der Waals surface area contributed by atoms with E-state index in [4.69, 9.17) is 4.74 Å². The van der Waals surface area contributed by atoms with Crippen molar-refractivity contribution in [1.29, 1.82) is 0 Å². The molecule has 114 valence electrons. The van der Waals surface area contributed by atoms with Crippen LogP contribution in [0.15, 0.2) is 48.5 Å². The molecular weight excluding hydrogens is 281 g/mol. The number of methoxy groups -OCH3 is 1. The molecule has 0 spiro atoms. The number of amides is 1. The van der Waals surface area contributed by atoms with Crippen LogP contribution in [0.4, 0.5) is 10.1 Å². The van der Waals surface area contributed by atoms with E-state index < -0.39 is 5.41 Å². The summed E-state index contributed by atoms with van der Waals surface area (Å²) in [7, 11) is 1.57. The molecule has 1 aliphatic carbocycles. The Bertz CT molecular complexity index is 695. The van der Waals surface area contributed by atoms with Crippen LogP contribution in [0.2, 0.25) is 0 Å². The number of halogens is 1. The molecule has 0 bridgehead atoms. The molecule has 22 heavy (non-hydrogen) atoms. The zero-order valence-corrected chi connectivity index (χ0v) is 12.4. The van der Waals surface area contributed by atoms with Gasteiger partial charge in [-0.1, -0.05) is 30.7 Å². The summed E-state index contributed by atoms with van der Waals surface area (Å²) in [6, 6.07) is 13.6. The number of ether oxygens (including phenoxy) is 1. The Morgan fingerprint density at radius 2 is 1.95 bits per heavy atom. The summed E-state index contributed by atoms with van der Waals surface area (Å²) >= 11 is 0. The molecule has 4 heteroatoms. The lowest BCUT2D eigenvalue weighted by Gasteiger charge is -2.40. The second-order valence-corrected chi connectivity index (χ2v) is 5.60. The molecule has 0 radical (unpaired) electrons. The molecule has 1 N–H and O–H groups in total. The number of carbonyl (C=O) groups excluding carboxylic acids is 1. The van der Waals surface area contributed by atoms with Gasteiger partial charge in [-0.05, 0) is 42.7 Å². The van der Waals surface area contributed by atoms with Gasteiger partial charge < -0.3 is 10.1 Å². The summed E-state index contributed by atoms with van der Waals surface area (Å²) in [5.41, 5.74) is 0.743. The predicted molar refractivity (Wildman–Crippen MR) is 83.6 cm³/mol. The molecule has 1 saturated carbocycles. The van der Waals surface area contributed by atoms with Gasteiger partial charge in [-0.15, -0.1) is 0 Å². The highest BCUT2D eigenvalue weighted by atomic mass is 19.1. The van der Waals surface area contributed by atoms with Crippen LogP contribution in [-0.4, -0.2) is 13.0 Å². The van der Waals surface area contributed by atoms with E-state index in [-0.39, 0.29) is 11.7 Å². The third kappa shape index (κ3) is 2.45. The first-order valence-corrected chi connectivity index (χ1v) is 7.36. The molecule has 1 fully saturated rings. The van der Waals surface area contributed by atoms with Gasteiger partial charge >= 0.3 is 0 Å². The number of para-hydroxylation sites is 2. The van der Waals surface area contributed by atoms with E-state index >= 15 is 0 Å². The van der Waals surface area contributed by atoms with Gasteiger partial charge in [0.05, 0.1) is 18.2 Å². The van der Waals surface area contributed by atoms with Gasteiger partial charge in [0.1, 0.15) is 11.6 Å². The SMILES string of the molecule is COc1ccccc1NC(=O)C1(c2cccc(F)c2)CCC1. The molecule has 2 aromatic rings. The Balaban J connectivity index is 1.89. The van der Waals surface area contributed by atoms with Crippen molar-refractivity contribution in [2.24, 2.45) is 0 Å². The first-order valence-electron chi connectivity index (χ1n) is 7.36. The molecule has 1 aliphatic rings. The Morgan fingerprint density at radius 3 is 2.59 bits per heavy atom. The lowest BCUT2D eigenvalue weighted by Crippen LogP contribution is -2.46. The molecule has 0 heterocycles. The minimum Gasteiger partial charge on any atom is -0.495 e. The van der Waals surface area contributed by atoms with Crippen LogP contribution in [-0.2, 0) is 10.2 Å². The van der Waals surface area contributed by atoms with Crippen molar-refractivity contribution in [3.63, 3.8) is 0 Å². The zero-order valence-electron chi connectivity index (χ0n) is 12.4. The fourth-order valence-corrected chi connectivity index (χ4v) is 2.95. The second-order valence-electron chi connectivity index (χ2n) is 5.60. The fourth-order valence-electron chi connectivity index (χ4n) is 2.95. The van der Waals surface area contributed by atoms with Crippen LogP contribution in [0.25, 0.3) is 0 Å². The monoisotopic (exact) mass is 299 g/mol. The number of hydrogen-bond acceptors (Lipinski definition) is 2. The van der Waals surface area contributed by atoms with Crippen LogP contribution in [0.5, 0.6) is 5.75 Å². The second kappa shape index (κ2) is 5.79. The zero-order chi connectivity index (χ0) is 15.6. The van der Waals surface area contributed by atoms with Gasteiger partial charge in [0, 0.05) is 0 Å². The van der Waals surface area contributed by atoms with E-state index in [1.807, 2.05) is 18.2 Å². The van der Waals surface area contributed by atoms with Crippen LogP contribution < -0.4 is 10.1 Å². The van der Waals surface area contributed by atoms with E-state index in [0.717, 1.165) is 24.8 Å².